The van der Waals surface area contributed by atoms with Crippen LogP contribution in [0.4, 0.5) is 0 Å². The van der Waals surface area contributed by atoms with Gasteiger partial charge in [0.2, 0.25) is 0 Å². The van der Waals surface area contributed by atoms with Gasteiger partial charge in [0.15, 0.2) is 0 Å². The standard InChI is InChI=1S/C16H12ClN5/c17-13-6-4-12(5-7-13)16-14(9-21-11-18-10-19-21)22-8-2-1-3-15(22)20-16/h1-8,10-11H,9H2. The number of imidazole rings is 1. The molecule has 3 heterocycles. The van der Waals surface area contributed by atoms with E-state index in [-0.39, 0.29) is 0 Å². The molecule has 22 heavy (non-hydrogen) atoms. The van der Waals surface area contributed by atoms with Crippen molar-refractivity contribution in [2.75, 3.05) is 0 Å². The average Bonchev–Trinajstić information content (AvgIpc) is 3.17. The number of pyridine rings is 1. The van der Waals surface area contributed by atoms with Crippen molar-refractivity contribution >= 4 is 17.2 Å². The van der Waals surface area contributed by atoms with Gasteiger partial charge in [0.1, 0.15) is 18.3 Å². The molecule has 6 heteroatoms. The summed E-state index contributed by atoms with van der Waals surface area (Å²) in [5.74, 6) is 0. The summed E-state index contributed by atoms with van der Waals surface area (Å²) in [5, 5.41) is 4.90. The summed E-state index contributed by atoms with van der Waals surface area (Å²) in [4.78, 5) is 8.75. The molecule has 0 N–H and O–H groups in total. The molecule has 108 valence electrons. The maximum Gasteiger partial charge on any atom is 0.137 e. The van der Waals surface area contributed by atoms with E-state index in [9.17, 15) is 0 Å². The van der Waals surface area contributed by atoms with Gasteiger partial charge >= 0.3 is 0 Å². The van der Waals surface area contributed by atoms with Crippen LogP contribution in [0.2, 0.25) is 5.02 Å². The number of hydrogen-bond acceptors (Lipinski definition) is 3. The summed E-state index contributed by atoms with van der Waals surface area (Å²) in [7, 11) is 0. The molecule has 0 radical (unpaired) electrons. The first-order valence-corrected chi connectivity index (χ1v) is 7.23. The zero-order valence-corrected chi connectivity index (χ0v) is 12.4. The quantitative estimate of drug-likeness (QED) is 0.583. The third-order valence-electron chi connectivity index (χ3n) is 3.52. The van der Waals surface area contributed by atoms with Gasteiger partial charge in [-0.15, -0.1) is 0 Å². The second-order valence-electron chi connectivity index (χ2n) is 4.94. The molecule has 4 rings (SSSR count). The van der Waals surface area contributed by atoms with Gasteiger partial charge in [0.25, 0.3) is 0 Å². The number of rotatable bonds is 3. The van der Waals surface area contributed by atoms with Crippen LogP contribution in [0, 0.1) is 0 Å². The fourth-order valence-electron chi connectivity index (χ4n) is 2.50. The molecular formula is C16H12ClN5. The van der Waals surface area contributed by atoms with Crippen LogP contribution in [-0.4, -0.2) is 24.1 Å². The van der Waals surface area contributed by atoms with Gasteiger partial charge in [-0.2, -0.15) is 5.10 Å². The van der Waals surface area contributed by atoms with Crippen molar-refractivity contribution in [2.45, 2.75) is 6.54 Å². The maximum atomic E-state index is 5.98. The second-order valence-corrected chi connectivity index (χ2v) is 5.37. The smallest absolute Gasteiger partial charge is 0.137 e. The molecule has 0 unspecified atom stereocenters. The molecule has 0 fully saturated rings. The molecule has 1 aromatic carbocycles. The Balaban J connectivity index is 1.91. The molecule has 0 amide bonds. The summed E-state index contributed by atoms with van der Waals surface area (Å²) >= 11 is 5.98. The second kappa shape index (κ2) is 5.27. The van der Waals surface area contributed by atoms with Crippen LogP contribution in [0.1, 0.15) is 5.69 Å². The molecule has 4 aromatic rings. The number of nitrogens with zero attached hydrogens (tertiary/aromatic N) is 5. The molecule has 0 aliphatic rings. The van der Waals surface area contributed by atoms with Crippen molar-refractivity contribution < 1.29 is 0 Å². The molecule has 3 aromatic heterocycles. The van der Waals surface area contributed by atoms with Gasteiger partial charge in [0, 0.05) is 16.8 Å². The molecule has 0 saturated heterocycles. The molecule has 0 spiro atoms. The Hall–Kier alpha value is -2.66. The van der Waals surface area contributed by atoms with Gasteiger partial charge in [-0.05, 0) is 24.3 Å². The van der Waals surface area contributed by atoms with Crippen molar-refractivity contribution in [2.24, 2.45) is 0 Å². The van der Waals surface area contributed by atoms with Crippen LogP contribution < -0.4 is 0 Å². The van der Waals surface area contributed by atoms with E-state index in [2.05, 4.69) is 14.5 Å². The third kappa shape index (κ3) is 2.25. The summed E-state index contributed by atoms with van der Waals surface area (Å²) < 4.78 is 3.86. The Morgan fingerprint density at radius 2 is 1.91 bits per heavy atom. The molecular weight excluding hydrogens is 298 g/mol. The minimum absolute atomic E-state index is 0.600. The van der Waals surface area contributed by atoms with E-state index in [1.54, 1.807) is 11.0 Å². The Morgan fingerprint density at radius 3 is 2.68 bits per heavy atom. The zero-order valence-electron chi connectivity index (χ0n) is 11.6. The van der Waals surface area contributed by atoms with E-state index >= 15 is 0 Å². The van der Waals surface area contributed by atoms with Crippen molar-refractivity contribution in [3.63, 3.8) is 0 Å². The van der Waals surface area contributed by atoms with Crippen LogP contribution in [0.15, 0.2) is 61.3 Å². The normalized spacial score (nSPS) is 11.1. The fourth-order valence-corrected chi connectivity index (χ4v) is 2.63. The van der Waals surface area contributed by atoms with E-state index in [4.69, 9.17) is 16.6 Å². The summed E-state index contributed by atoms with van der Waals surface area (Å²) in [5.41, 5.74) is 3.92. The fraction of sp³-hybridized carbons (Fsp3) is 0.0625. The van der Waals surface area contributed by atoms with Crippen molar-refractivity contribution in [3.05, 3.63) is 72.0 Å². The van der Waals surface area contributed by atoms with Crippen LogP contribution in [0.5, 0.6) is 0 Å². The average molecular weight is 310 g/mol. The first-order valence-electron chi connectivity index (χ1n) is 6.85. The third-order valence-corrected chi connectivity index (χ3v) is 3.78. The van der Waals surface area contributed by atoms with Gasteiger partial charge in [-0.25, -0.2) is 14.6 Å². The highest BCUT2D eigenvalue weighted by Gasteiger charge is 2.14. The number of halogens is 1. The first-order chi connectivity index (χ1) is 10.8. The lowest BCUT2D eigenvalue weighted by Crippen LogP contribution is -2.04. The van der Waals surface area contributed by atoms with E-state index in [1.165, 1.54) is 6.33 Å². The topological polar surface area (TPSA) is 48.0 Å². The van der Waals surface area contributed by atoms with E-state index in [0.29, 0.717) is 11.6 Å². The molecule has 0 saturated carbocycles. The first kappa shape index (κ1) is 13.0. The number of benzene rings is 1. The molecule has 5 nitrogen and oxygen atoms in total. The Labute approximate surface area is 131 Å². The Morgan fingerprint density at radius 1 is 1.05 bits per heavy atom. The molecule has 0 aliphatic heterocycles. The van der Waals surface area contributed by atoms with Crippen molar-refractivity contribution in [1.29, 1.82) is 0 Å². The van der Waals surface area contributed by atoms with Crippen molar-refractivity contribution in [3.8, 4) is 11.3 Å². The highest BCUT2D eigenvalue weighted by atomic mass is 35.5. The molecule has 0 aliphatic carbocycles. The monoisotopic (exact) mass is 309 g/mol. The van der Waals surface area contributed by atoms with E-state index in [0.717, 1.165) is 22.6 Å². The lowest BCUT2D eigenvalue weighted by molar-refractivity contribution is 0.668. The highest BCUT2D eigenvalue weighted by Crippen LogP contribution is 2.26. The van der Waals surface area contributed by atoms with Crippen LogP contribution in [-0.2, 0) is 6.54 Å². The minimum atomic E-state index is 0.600. The largest absolute Gasteiger partial charge is 0.302 e. The van der Waals surface area contributed by atoms with E-state index < -0.39 is 0 Å². The Kier molecular flexibility index (Phi) is 3.12. The predicted octanol–water partition coefficient (Wildman–Crippen LogP) is 3.29. The summed E-state index contributed by atoms with van der Waals surface area (Å²) in [6, 6.07) is 13.7. The summed E-state index contributed by atoms with van der Waals surface area (Å²) in [6.45, 7) is 0.600. The van der Waals surface area contributed by atoms with Crippen LogP contribution in [0.25, 0.3) is 16.9 Å². The minimum Gasteiger partial charge on any atom is -0.302 e. The lowest BCUT2D eigenvalue weighted by Gasteiger charge is -2.05. The predicted molar refractivity (Wildman–Crippen MR) is 84.8 cm³/mol. The molecule has 0 bridgehead atoms. The number of fused-ring (bicyclic) bond motifs is 1. The van der Waals surface area contributed by atoms with Gasteiger partial charge in [0.05, 0.1) is 17.9 Å². The molecule has 0 atom stereocenters. The SMILES string of the molecule is Clc1ccc(-c2nc3ccccn3c2Cn2cncn2)cc1. The van der Waals surface area contributed by atoms with Gasteiger partial charge < -0.3 is 4.40 Å². The van der Waals surface area contributed by atoms with Crippen LogP contribution in [0.3, 0.4) is 0 Å². The van der Waals surface area contributed by atoms with Gasteiger partial charge in [-0.3, -0.25) is 0 Å². The maximum absolute atomic E-state index is 5.98. The van der Waals surface area contributed by atoms with Crippen molar-refractivity contribution in [1.82, 2.24) is 24.1 Å². The van der Waals surface area contributed by atoms with Crippen LogP contribution >= 0.6 is 11.6 Å². The highest BCUT2D eigenvalue weighted by molar-refractivity contribution is 6.30. The Bertz CT molecular complexity index is 910. The number of hydrogen-bond donors (Lipinski definition) is 0. The lowest BCUT2D eigenvalue weighted by atomic mass is 10.1. The zero-order chi connectivity index (χ0) is 14.9. The van der Waals surface area contributed by atoms with Gasteiger partial charge in [-0.1, -0.05) is 29.8 Å². The number of aromatic nitrogens is 5. The summed E-state index contributed by atoms with van der Waals surface area (Å²) in [6.07, 6.45) is 5.24. The van der Waals surface area contributed by atoms with E-state index in [1.807, 2.05) is 48.7 Å².